The molecule has 1 nitrogen and oxygen atoms in total. The zero-order valence-electron chi connectivity index (χ0n) is 14.1. The van der Waals surface area contributed by atoms with Crippen LogP contribution >= 0.6 is 0 Å². The highest BCUT2D eigenvalue weighted by Gasteiger charge is 2.34. The van der Waals surface area contributed by atoms with Crippen molar-refractivity contribution in [2.75, 3.05) is 0 Å². The zero-order chi connectivity index (χ0) is 15.5. The molecule has 0 saturated carbocycles. The van der Waals surface area contributed by atoms with Crippen molar-refractivity contribution < 1.29 is 4.74 Å². The Labute approximate surface area is 130 Å². The SMILES string of the molecule is C=C1CC/C=C(\C)C/C=C(C(C)C)\C=C\C2(C)CC[C@@H]1O2. The Hall–Kier alpha value is -1.08. The van der Waals surface area contributed by atoms with Gasteiger partial charge in [0.25, 0.3) is 0 Å². The summed E-state index contributed by atoms with van der Waals surface area (Å²) in [5, 5.41) is 0. The molecule has 0 N–H and O–H groups in total. The molecular weight excluding hydrogens is 256 g/mol. The minimum atomic E-state index is -0.127. The molecule has 0 aromatic heterocycles. The van der Waals surface area contributed by atoms with Gasteiger partial charge in [0.15, 0.2) is 0 Å². The molecule has 0 radical (unpaired) electrons. The normalized spacial score (nSPS) is 37.8. The second kappa shape index (κ2) is 6.79. The van der Waals surface area contributed by atoms with Gasteiger partial charge in [-0.3, -0.25) is 0 Å². The lowest BCUT2D eigenvalue weighted by Crippen LogP contribution is -2.22. The first-order valence-electron chi connectivity index (χ1n) is 8.30. The summed E-state index contributed by atoms with van der Waals surface area (Å²) < 4.78 is 6.30. The second-order valence-corrected chi connectivity index (χ2v) is 7.10. The first kappa shape index (κ1) is 16.3. The average molecular weight is 286 g/mol. The molecule has 1 saturated heterocycles. The van der Waals surface area contributed by atoms with Crippen molar-refractivity contribution in [1.82, 2.24) is 0 Å². The van der Waals surface area contributed by atoms with Gasteiger partial charge >= 0.3 is 0 Å². The highest BCUT2D eigenvalue weighted by Crippen LogP contribution is 2.36. The van der Waals surface area contributed by atoms with E-state index < -0.39 is 0 Å². The van der Waals surface area contributed by atoms with E-state index in [1.54, 1.807) is 0 Å². The third-order valence-corrected chi connectivity index (χ3v) is 4.68. The molecule has 0 aromatic carbocycles. The molecule has 1 fully saturated rings. The van der Waals surface area contributed by atoms with Crippen molar-refractivity contribution in [2.45, 2.75) is 71.5 Å². The Morgan fingerprint density at radius 2 is 2.10 bits per heavy atom. The maximum Gasteiger partial charge on any atom is 0.0846 e. The van der Waals surface area contributed by atoms with Crippen molar-refractivity contribution >= 4 is 0 Å². The van der Waals surface area contributed by atoms with E-state index in [-0.39, 0.29) is 11.7 Å². The summed E-state index contributed by atoms with van der Waals surface area (Å²) in [5.74, 6) is 0.551. The van der Waals surface area contributed by atoms with E-state index in [4.69, 9.17) is 4.74 Å². The fourth-order valence-corrected chi connectivity index (χ4v) is 3.07. The molecule has 2 rings (SSSR count). The predicted octanol–water partition coefficient (Wildman–Crippen LogP) is 5.75. The minimum absolute atomic E-state index is 0.127. The lowest BCUT2D eigenvalue weighted by atomic mass is 9.94. The standard InChI is InChI=1S/C20H30O/c1-15(2)18-10-9-16(3)7-6-8-17(4)19-12-14-20(5,21-19)13-11-18/h7,10-11,13,15,19H,4,6,8-9,12,14H2,1-3,5H3/b13-11+,16-7+,18-10+/t19-,20?/m0/s1. The maximum absolute atomic E-state index is 6.30. The van der Waals surface area contributed by atoms with Gasteiger partial charge in [0.1, 0.15) is 0 Å². The molecule has 1 heteroatoms. The molecule has 0 spiro atoms. The number of hydrogen-bond acceptors (Lipinski definition) is 1. The van der Waals surface area contributed by atoms with E-state index in [1.165, 1.54) is 16.7 Å². The minimum Gasteiger partial charge on any atom is -0.364 e. The molecule has 2 aliphatic rings. The van der Waals surface area contributed by atoms with E-state index in [0.29, 0.717) is 5.92 Å². The molecule has 2 atom stereocenters. The van der Waals surface area contributed by atoms with Gasteiger partial charge in [-0.05, 0) is 63.0 Å². The maximum atomic E-state index is 6.30. The van der Waals surface area contributed by atoms with Crippen LogP contribution in [0.3, 0.4) is 0 Å². The summed E-state index contributed by atoms with van der Waals surface area (Å²) in [6.45, 7) is 13.2. The van der Waals surface area contributed by atoms with Gasteiger partial charge < -0.3 is 4.74 Å². The average Bonchev–Trinajstić information content (AvgIpc) is 2.80. The topological polar surface area (TPSA) is 9.23 Å². The Balaban J connectivity index is 2.27. The van der Waals surface area contributed by atoms with Gasteiger partial charge in [-0.2, -0.15) is 0 Å². The highest BCUT2D eigenvalue weighted by molar-refractivity contribution is 5.26. The molecule has 2 aliphatic heterocycles. The van der Waals surface area contributed by atoms with Gasteiger partial charge in [-0.15, -0.1) is 0 Å². The number of allylic oxidation sites excluding steroid dienone is 5. The molecular formula is C20H30O. The number of ether oxygens (including phenoxy) is 1. The molecule has 0 aromatic rings. The Kier molecular flexibility index (Phi) is 5.27. The number of hydrogen-bond donors (Lipinski definition) is 0. The first-order chi connectivity index (χ1) is 9.89. The van der Waals surface area contributed by atoms with E-state index >= 15 is 0 Å². The van der Waals surface area contributed by atoms with Crippen LogP contribution in [0.15, 0.2) is 47.6 Å². The van der Waals surface area contributed by atoms with Crippen LogP contribution in [0.4, 0.5) is 0 Å². The Bertz CT molecular complexity index is 478. The molecule has 1 unspecified atom stereocenters. The Morgan fingerprint density at radius 3 is 2.81 bits per heavy atom. The van der Waals surface area contributed by atoms with Crippen LogP contribution in [-0.4, -0.2) is 11.7 Å². The summed E-state index contributed by atoms with van der Waals surface area (Å²) >= 11 is 0. The van der Waals surface area contributed by atoms with Crippen LogP contribution in [0.2, 0.25) is 0 Å². The first-order valence-corrected chi connectivity index (χ1v) is 8.30. The predicted molar refractivity (Wildman–Crippen MR) is 91.3 cm³/mol. The summed E-state index contributed by atoms with van der Waals surface area (Å²) in [6, 6.07) is 0. The third kappa shape index (κ3) is 4.44. The van der Waals surface area contributed by atoms with Gasteiger partial charge in [-0.1, -0.05) is 50.3 Å². The monoisotopic (exact) mass is 286 g/mol. The van der Waals surface area contributed by atoms with Crippen molar-refractivity contribution in [3.8, 4) is 0 Å². The fourth-order valence-electron chi connectivity index (χ4n) is 3.07. The van der Waals surface area contributed by atoms with Crippen molar-refractivity contribution in [3.05, 3.63) is 47.6 Å². The van der Waals surface area contributed by atoms with E-state index in [9.17, 15) is 0 Å². The molecule has 0 amide bonds. The summed E-state index contributed by atoms with van der Waals surface area (Å²) in [6.07, 6.45) is 14.9. The Morgan fingerprint density at radius 1 is 1.33 bits per heavy atom. The van der Waals surface area contributed by atoms with Crippen LogP contribution in [0.1, 0.15) is 59.8 Å². The highest BCUT2D eigenvalue weighted by atomic mass is 16.5. The van der Waals surface area contributed by atoms with Crippen molar-refractivity contribution in [3.63, 3.8) is 0 Å². The van der Waals surface area contributed by atoms with E-state index in [1.807, 2.05) is 0 Å². The summed E-state index contributed by atoms with van der Waals surface area (Å²) in [7, 11) is 0. The summed E-state index contributed by atoms with van der Waals surface area (Å²) in [4.78, 5) is 0. The van der Waals surface area contributed by atoms with Crippen LogP contribution < -0.4 is 0 Å². The zero-order valence-corrected chi connectivity index (χ0v) is 14.1. The smallest absolute Gasteiger partial charge is 0.0846 e. The van der Waals surface area contributed by atoms with Crippen LogP contribution in [0, 0.1) is 5.92 Å². The van der Waals surface area contributed by atoms with E-state index in [0.717, 1.165) is 32.1 Å². The molecule has 2 heterocycles. The largest absolute Gasteiger partial charge is 0.364 e. The van der Waals surface area contributed by atoms with Gasteiger partial charge in [0, 0.05) is 0 Å². The fraction of sp³-hybridized carbons (Fsp3) is 0.600. The van der Waals surface area contributed by atoms with Crippen molar-refractivity contribution in [2.24, 2.45) is 5.92 Å². The van der Waals surface area contributed by atoms with Gasteiger partial charge in [0.05, 0.1) is 11.7 Å². The van der Waals surface area contributed by atoms with Crippen LogP contribution in [0.25, 0.3) is 0 Å². The van der Waals surface area contributed by atoms with Crippen molar-refractivity contribution in [1.29, 1.82) is 0 Å². The molecule has 21 heavy (non-hydrogen) atoms. The third-order valence-electron chi connectivity index (χ3n) is 4.68. The lowest BCUT2D eigenvalue weighted by molar-refractivity contribution is 0.0207. The van der Waals surface area contributed by atoms with Gasteiger partial charge in [0.2, 0.25) is 0 Å². The second-order valence-electron chi connectivity index (χ2n) is 7.10. The van der Waals surface area contributed by atoms with E-state index in [2.05, 4.69) is 58.6 Å². The number of rotatable bonds is 1. The van der Waals surface area contributed by atoms with Crippen LogP contribution in [0.5, 0.6) is 0 Å². The lowest BCUT2D eigenvalue weighted by Gasteiger charge is -2.22. The quantitative estimate of drug-likeness (QED) is 0.558. The molecule has 116 valence electrons. The molecule has 2 bridgehead atoms. The molecule has 0 aliphatic carbocycles. The summed E-state index contributed by atoms with van der Waals surface area (Å²) in [5.41, 5.74) is 3.99. The van der Waals surface area contributed by atoms with Crippen LogP contribution in [-0.2, 0) is 4.74 Å². The van der Waals surface area contributed by atoms with Gasteiger partial charge in [-0.25, -0.2) is 0 Å². The number of fused-ring (bicyclic) bond motifs is 2.